The Morgan fingerprint density at radius 2 is 2.33 bits per heavy atom. The van der Waals surface area contributed by atoms with Gasteiger partial charge in [-0.05, 0) is 30.9 Å². The molecule has 0 bridgehead atoms. The zero-order valence-corrected chi connectivity index (χ0v) is 8.95. The fourth-order valence-corrected chi connectivity index (χ4v) is 2.08. The summed E-state index contributed by atoms with van der Waals surface area (Å²) in [5.74, 6) is 0.958. The zero-order chi connectivity index (χ0) is 10.5. The minimum absolute atomic E-state index is 0.742. The van der Waals surface area contributed by atoms with E-state index in [-0.39, 0.29) is 0 Å². The molecule has 0 radical (unpaired) electrons. The second-order valence-corrected chi connectivity index (χ2v) is 4.30. The van der Waals surface area contributed by atoms with Crippen molar-refractivity contribution in [3.63, 3.8) is 0 Å². The van der Waals surface area contributed by atoms with Crippen molar-refractivity contribution in [3.05, 3.63) is 29.6 Å². The number of aromatic nitrogens is 1. The molecule has 1 heterocycles. The summed E-state index contributed by atoms with van der Waals surface area (Å²) in [7, 11) is 0. The van der Waals surface area contributed by atoms with Crippen molar-refractivity contribution in [2.45, 2.75) is 38.5 Å². The Morgan fingerprint density at radius 3 is 3.00 bits per heavy atom. The molecule has 0 amide bonds. The van der Waals surface area contributed by atoms with Crippen LogP contribution in [0.1, 0.15) is 43.4 Å². The third kappa shape index (κ3) is 2.56. The third-order valence-corrected chi connectivity index (χ3v) is 3.26. The van der Waals surface area contributed by atoms with E-state index in [1.54, 1.807) is 6.20 Å². The summed E-state index contributed by atoms with van der Waals surface area (Å²) in [6.45, 7) is 0. The Kier molecular flexibility index (Phi) is 3.34. The average molecular weight is 200 g/mol. The van der Waals surface area contributed by atoms with Crippen LogP contribution in [-0.2, 0) is 6.42 Å². The summed E-state index contributed by atoms with van der Waals surface area (Å²) in [4.78, 5) is 4.27. The van der Waals surface area contributed by atoms with Crippen molar-refractivity contribution >= 4 is 0 Å². The lowest BCUT2D eigenvalue weighted by Gasteiger charge is -2.24. The molecule has 15 heavy (non-hydrogen) atoms. The molecule has 1 aliphatic carbocycles. The Hall–Kier alpha value is -1.36. The van der Waals surface area contributed by atoms with E-state index in [4.69, 9.17) is 5.26 Å². The molecule has 2 nitrogen and oxygen atoms in total. The largest absolute Gasteiger partial charge is 0.260 e. The summed E-state index contributed by atoms with van der Waals surface area (Å²) in [6.07, 6.45) is 9.45. The van der Waals surface area contributed by atoms with Crippen LogP contribution < -0.4 is 0 Å². The van der Waals surface area contributed by atoms with Gasteiger partial charge in [0.15, 0.2) is 0 Å². The van der Waals surface area contributed by atoms with Gasteiger partial charge < -0.3 is 0 Å². The second kappa shape index (κ2) is 4.93. The average Bonchev–Trinajstić information content (AvgIpc) is 2.22. The van der Waals surface area contributed by atoms with Crippen LogP contribution in [0.4, 0.5) is 0 Å². The molecule has 0 aliphatic heterocycles. The van der Waals surface area contributed by atoms with Crippen molar-refractivity contribution in [2.75, 3.05) is 0 Å². The predicted octanol–water partition coefficient (Wildman–Crippen LogP) is 3.08. The van der Waals surface area contributed by atoms with E-state index in [0.717, 1.165) is 23.6 Å². The van der Waals surface area contributed by atoms with E-state index < -0.39 is 0 Å². The van der Waals surface area contributed by atoms with Crippen molar-refractivity contribution in [1.29, 1.82) is 5.26 Å². The Labute approximate surface area is 91.0 Å². The molecule has 1 fully saturated rings. The monoisotopic (exact) mass is 200 g/mol. The maximum absolute atomic E-state index is 8.89. The highest BCUT2D eigenvalue weighted by Crippen LogP contribution is 2.30. The first kappa shape index (κ1) is 10.2. The molecule has 0 saturated heterocycles. The summed E-state index contributed by atoms with van der Waals surface area (Å²) >= 11 is 0. The van der Waals surface area contributed by atoms with Gasteiger partial charge in [-0.1, -0.05) is 25.7 Å². The van der Waals surface area contributed by atoms with Gasteiger partial charge in [-0.3, -0.25) is 4.98 Å². The van der Waals surface area contributed by atoms with Crippen LogP contribution >= 0.6 is 0 Å². The van der Waals surface area contributed by atoms with Crippen LogP contribution in [0, 0.1) is 17.2 Å². The van der Waals surface area contributed by atoms with Crippen LogP contribution in [-0.4, -0.2) is 4.98 Å². The topological polar surface area (TPSA) is 36.7 Å². The molecule has 1 aromatic rings. The van der Waals surface area contributed by atoms with Gasteiger partial charge in [-0.2, -0.15) is 5.26 Å². The summed E-state index contributed by atoms with van der Waals surface area (Å²) in [5.41, 5.74) is 1.71. The molecule has 0 spiro atoms. The van der Waals surface area contributed by atoms with E-state index >= 15 is 0 Å². The first-order chi connectivity index (χ1) is 7.40. The number of nitrogens with zero attached hydrogens (tertiary/aromatic N) is 2. The zero-order valence-electron chi connectivity index (χ0n) is 8.95. The summed E-state index contributed by atoms with van der Waals surface area (Å²) in [5, 5.41) is 8.89. The Morgan fingerprint density at radius 1 is 1.47 bits per heavy atom. The summed E-state index contributed by atoms with van der Waals surface area (Å²) < 4.78 is 0. The molecule has 0 atom stereocenters. The maximum atomic E-state index is 8.89. The smallest absolute Gasteiger partial charge is 0.101 e. The fraction of sp³-hybridized carbons (Fsp3) is 0.538. The third-order valence-electron chi connectivity index (χ3n) is 3.26. The molecule has 78 valence electrons. The predicted molar refractivity (Wildman–Crippen MR) is 59.2 cm³/mol. The van der Waals surface area contributed by atoms with Crippen molar-refractivity contribution in [2.24, 2.45) is 5.92 Å². The Bertz CT molecular complexity index is 361. The SMILES string of the molecule is N#Cc1cccnc1CCCC1CCC1. The first-order valence-corrected chi connectivity index (χ1v) is 5.74. The van der Waals surface area contributed by atoms with E-state index in [1.807, 2.05) is 12.1 Å². The van der Waals surface area contributed by atoms with Crippen molar-refractivity contribution in [3.8, 4) is 6.07 Å². The standard InChI is InChI=1S/C13H16N2/c14-10-12-7-3-9-15-13(12)8-2-6-11-4-1-5-11/h3,7,9,11H,1-2,4-6,8H2. The molecule has 0 unspecified atom stereocenters. The van der Waals surface area contributed by atoms with Crippen LogP contribution in [0.2, 0.25) is 0 Å². The van der Waals surface area contributed by atoms with Gasteiger partial charge in [0.25, 0.3) is 0 Å². The number of rotatable bonds is 4. The van der Waals surface area contributed by atoms with Gasteiger partial charge in [0, 0.05) is 6.20 Å². The van der Waals surface area contributed by atoms with Crippen molar-refractivity contribution < 1.29 is 0 Å². The minimum atomic E-state index is 0.742. The van der Waals surface area contributed by atoms with Crippen LogP contribution in [0.3, 0.4) is 0 Å². The molecule has 0 N–H and O–H groups in total. The van der Waals surface area contributed by atoms with E-state index in [1.165, 1.54) is 32.1 Å². The molecule has 1 aromatic heterocycles. The normalized spacial score (nSPS) is 15.7. The second-order valence-electron chi connectivity index (χ2n) is 4.30. The highest BCUT2D eigenvalue weighted by molar-refractivity contribution is 5.32. The number of hydrogen-bond donors (Lipinski definition) is 0. The van der Waals surface area contributed by atoms with Gasteiger partial charge >= 0.3 is 0 Å². The maximum Gasteiger partial charge on any atom is 0.101 e. The van der Waals surface area contributed by atoms with E-state index in [9.17, 15) is 0 Å². The lowest BCUT2D eigenvalue weighted by Crippen LogP contribution is -2.11. The van der Waals surface area contributed by atoms with E-state index in [2.05, 4.69) is 11.1 Å². The number of nitriles is 1. The quantitative estimate of drug-likeness (QED) is 0.749. The van der Waals surface area contributed by atoms with Gasteiger partial charge in [0.1, 0.15) is 6.07 Å². The fourth-order valence-electron chi connectivity index (χ4n) is 2.08. The molecular formula is C13H16N2. The number of pyridine rings is 1. The lowest BCUT2D eigenvalue weighted by atomic mass is 9.81. The number of aryl methyl sites for hydroxylation is 1. The van der Waals surface area contributed by atoms with Crippen LogP contribution in [0.15, 0.2) is 18.3 Å². The molecule has 2 heteroatoms. The lowest BCUT2D eigenvalue weighted by molar-refractivity contribution is 0.290. The molecule has 1 aliphatic rings. The minimum Gasteiger partial charge on any atom is -0.260 e. The van der Waals surface area contributed by atoms with Crippen LogP contribution in [0.5, 0.6) is 0 Å². The molecular weight excluding hydrogens is 184 g/mol. The van der Waals surface area contributed by atoms with Crippen molar-refractivity contribution in [1.82, 2.24) is 4.98 Å². The first-order valence-electron chi connectivity index (χ1n) is 5.74. The van der Waals surface area contributed by atoms with Gasteiger partial charge in [0.05, 0.1) is 11.3 Å². The van der Waals surface area contributed by atoms with Gasteiger partial charge in [0.2, 0.25) is 0 Å². The highest BCUT2D eigenvalue weighted by atomic mass is 14.7. The van der Waals surface area contributed by atoms with Gasteiger partial charge in [-0.25, -0.2) is 0 Å². The van der Waals surface area contributed by atoms with Crippen LogP contribution in [0.25, 0.3) is 0 Å². The van der Waals surface area contributed by atoms with E-state index in [0.29, 0.717) is 0 Å². The molecule has 0 aromatic carbocycles. The molecule has 2 rings (SSSR count). The highest BCUT2D eigenvalue weighted by Gasteiger charge is 2.16. The van der Waals surface area contributed by atoms with Gasteiger partial charge in [-0.15, -0.1) is 0 Å². The molecule has 1 saturated carbocycles. The Balaban J connectivity index is 1.84. The number of hydrogen-bond acceptors (Lipinski definition) is 2. The summed E-state index contributed by atoms with van der Waals surface area (Å²) in [6, 6.07) is 5.88.